The standard InChI is InChI=1S/C33H32FN5O5/c1-20-28(32(41)39(38(20)2)23-6-4-3-5-7-23)30(40)36-22-8-9-25(24(34)17-22)43-26-11-14-35-31-29(26)37-27(44-31)16-21-10-12-33(18-21)13-15-42-19-33/h3-9,11,14,17,21H,10,12-13,15-16,18-19H2,1-2H3,(H,36,40). The molecule has 3 aromatic heterocycles. The minimum Gasteiger partial charge on any atom is -0.452 e. The van der Waals surface area contributed by atoms with Crippen molar-refractivity contribution in [2.75, 3.05) is 18.5 Å². The number of anilines is 1. The summed E-state index contributed by atoms with van der Waals surface area (Å²) in [6, 6.07) is 14.7. The Kier molecular flexibility index (Phi) is 7.04. The molecule has 1 spiro atoms. The van der Waals surface area contributed by atoms with Gasteiger partial charge in [0.15, 0.2) is 28.7 Å². The van der Waals surface area contributed by atoms with E-state index in [4.69, 9.17) is 13.9 Å². The fraction of sp³-hybridized carbons (Fsp3) is 0.333. The third-order valence-corrected chi connectivity index (χ3v) is 8.95. The largest absolute Gasteiger partial charge is 0.452 e. The number of nitrogens with zero attached hydrogens (tertiary/aromatic N) is 4. The lowest BCUT2D eigenvalue weighted by Crippen LogP contribution is -2.25. The van der Waals surface area contributed by atoms with Crippen molar-refractivity contribution < 1.29 is 23.1 Å². The van der Waals surface area contributed by atoms with Crippen LogP contribution in [-0.2, 0) is 18.2 Å². The molecular formula is C33H32FN5O5. The second-order valence-electron chi connectivity index (χ2n) is 11.8. The van der Waals surface area contributed by atoms with E-state index in [0.29, 0.717) is 52.0 Å². The molecule has 4 heterocycles. The van der Waals surface area contributed by atoms with Crippen molar-refractivity contribution in [1.82, 2.24) is 19.3 Å². The number of ether oxygens (including phenoxy) is 2. The van der Waals surface area contributed by atoms with E-state index >= 15 is 4.39 Å². The predicted molar refractivity (Wildman–Crippen MR) is 161 cm³/mol. The van der Waals surface area contributed by atoms with Gasteiger partial charge in [0.25, 0.3) is 17.2 Å². The van der Waals surface area contributed by atoms with Gasteiger partial charge >= 0.3 is 0 Å². The first-order chi connectivity index (χ1) is 21.3. The molecule has 1 N–H and O–H groups in total. The number of carbonyl (C=O) groups is 1. The molecule has 5 aromatic rings. The van der Waals surface area contributed by atoms with Crippen LogP contribution in [0.25, 0.3) is 16.9 Å². The number of halogens is 1. The van der Waals surface area contributed by atoms with Crippen LogP contribution < -0.4 is 15.6 Å². The second kappa shape index (κ2) is 11.1. The molecule has 2 atom stereocenters. The molecule has 7 rings (SSSR count). The van der Waals surface area contributed by atoms with Crippen LogP contribution >= 0.6 is 0 Å². The number of amides is 1. The van der Waals surface area contributed by atoms with Gasteiger partial charge in [-0.15, -0.1) is 0 Å². The molecule has 10 nitrogen and oxygen atoms in total. The maximum Gasteiger partial charge on any atom is 0.284 e. The summed E-state index contributed by atoms with van der Waals surface area (Å²) in [5.41, 5.74) is 1.84. The minimum atomic E-state index is -0.696. The van der Waals surface area contributed by atoms with Gasteiger partial charge in [0, 0.05) is 44.1 Å². The van der Waals surface area contributed by atoms with E-state index < -0.39 is 17.3 Å². The molecule has 1 saturated heterocycles. The van der Waals surface area contributed by atoms with Gasteiger partial charge in [0.1, 0.15) is 5.56 Å². The van der Waals surface area contributed by atoms with Gasteiger partial charge in [-0.1, -0.05) is 18.2 Å². The third kappa shape index (κ3) is 5.06. The van der Waals surface area contributed by atoms with Gasteiger partial charge in [0.2, 0.25) is 0 Å². The lowest BCUT2D eigenvalue weighted by Gasteiger charge is -2.20. The van der Waals surface area contributed by atoms with Gasteiger partial charge < -0.3 is 19.2 Å². The Hall–Kier alpha value is -4.77. The first-order valence-corrected chi connectivity index (χ1v) is 14.8. The second-order valence-corrected chi connectivity index (χ2v) is 11.8. The molecule has 0 bridgehead atoms. The Bertz CT molecular complexity index is 1920. The Morgan fingerprint density at radius 2 is 2.00 bits per heavy atom. The molecule has 1 aliphatic heterocycles. The summed E-state index contributed by atoms with van der Waals surface area (Å²) in [6.07, 6.45) is 6.73. The van der Waals surface area contributed by atoms with Crippen molar-refractivity contribution in [2.45, 2.75) is 39.0 Å². The van der Waals surface area contributed by atoms with Crippen molar-refractivity contribution in [1.29, 1.82) is 0 Å². The monoisotopic (exact) mass is 597 g/mol. The first kappa shape index (κ1) is 28.0. The fourth-order valence-electron chi connectivity index (χ4n) is 6.58. The lowest BCUT2D eigenvalue weighted by molar-refractivity contribution is 0.102. The van der Waals surface area contributed by atoms with E-state index in [0.717, 1.165) is 45.0 Å². The summed E-state index contributed by atoms with van der Waals surface area (Å²) < 4.78 is 35.8. The highest BCUT2D eigenvalue weighted by Gasteiger charge is 2.42. The summed E-state index contributed by atoms with van der Waals surface area (Å²) in [5.74, 6) is -0.0141. The van der Waals surface area contributed by atoms with Crippen molar-refractivity contribution in [3.05, 3.63) is 94.1 Å². The van der Waals surface area contributed by atoms with Crippen LogP contribution in [0.4, 0.5) is 10.1 Å². The molecule has 2 fully saturated rings. The molecule has 2 aliphatic rings. The van der Waals surface area contributed by atoms with E-state index in [-0.39, 0.29) is 17.0 Å². The maximum absolute atomic E-state index is 15.2. The summed E-state index contributed by atoms with van der Waals surface area (Å²) in [4.78, 5) is 35.3. The maximum atomic E-state index is 15.2. The number of pyridine rings is 1. The molecular weight excluding hydrogens is 565 g/mol. The van der Waals surface area contributed by atoms with Crippen molar-refractivity contribution in [3.63, 3.8) is 0 Å². The Morgan fingerprint density at radius 3 is 2.77 bits per heavy atom. The zero-order chi connectivity index (χ0) is 30.4. The number of hydrogen-bond acceptors (Lipinski definition) is 7. The molecule has 2 unspecified atom stereocenters. The number of para-hydroxylation sites is 1. The van der Waals surface area contributed by atoms with E-state index in [1.165, 1.54) is 23.0 Å². The van der Waals surface area contributed by atoms with Crippen LogP contribution in [0.2, 0.25) is 0 Å². The number of oxazole rings is 1. The highest BCUT2D eigenvalue weighted by molar-refractivity contribution is 6.05. The quantitative estimate of drug-likeness (QED) is 0.247. The van der Waals surface area contributed by atoms with Gasteiger partial charge in [-0.05, 0) is 68.2 Å². The Labute approximate surface area is 252 Å². The SMILES string of the molecule is Cc1c(C(=O)Nc2ccc(Oc3ccnc4oc(CC5CCC6(CCOC6)C5)nc34)c(F)c2)c(=O)n(-c2ccccc2)n1C. The van der Waals surface area contributed by atoms with Crippen LogP contribution in [-0.4, -0.2) is 38.5 Å². The molecule has 1 saturated carbocycles. The van der Waals surface area contributed by atoms with Crippen LogP contribution in [0.3, 0.4) is 0 Å². The van der Waals surface area contributed by atoms with Crippen molar-refractivity contribution in [3.8, 4) is 17.2 Å². The predicted octanol–water partition coefficient (Wildman–Crippen LogP) is 5.95. The van der Waals surface area contributed by atoms with E-state index in [1.54, 1.807) is 36.9 Å². The molecule has 0 radical (unpaired) electrons. The highest BCUT2D eigenvalue weighted by atomic mass is 19.1. The number of rotatable bonds is 7. The third-order valence-electron chi connectivity index (χ3n) is 8.95. The average molecular weight is 598 g/mol. The van der Waals surface area contributed by atoms with Crippen molar-refractivity contribution in [2.24, 2.45) is 18.4 Å². The zero-order valence-corrected chi connectivity index (χ0v) is 24.5. The number of hydrogen-bond donors (Lipinski definition) is 1. The number of fused-ring (bicyclic) bond motifs is 1. The molecule has 226 valence electrons. The molecule has 44 heavy (non-hydrogen) atoms. The minimum absolute atomic E-state index is 0.0255. The number of carbonyl (C=O) groups excluding carboxylic acids is 1. The highest BCUT2D eigenvalue weighted by Crippen LogP contribution is 2.48. The number of benzene rings is 2. The zero-order valence-electron chi connectivity index (χ0n) is 24.5. The Morgan fingerprint density at radius 1 is 1.16 bits per heavy atom. The Balaban J connectivity index is 1.07. The summed E-state index contributed by atoms with van der Waals surface area (Å²) >= 11 is 0. The first-order valence-electron chi connectivity index (χ1n) is 14.8. The normalized spacial score (nSPS) is 19.7. The molecule has 1 amide bonds. The van der Waals surface area contributed by atoms with Gasteiger partial charge in [0.05, 0.1) is 18.0 Å². The molecule has 1 aliphatic carbocycles. The smallest absolute Gasteiger partial charge is 0.284 e. The van der Waals surface area contributed by atoms with Gasteiger partial charge in [-0.2, -0.15) is 0 Å². The molecule has 2 aromatic carbocycles. The van der Waals surface area contributed by atoms with Crippen LogP contribution in [0.1, 0.15) is 47.6 Å². The van der Waals surface area contributed by atoms with Gasteiger partial charge in [-0.25, -0.2) is 19.0 Å². The number of aromatic nitrogens is 4. The topological polar surface area (TPSA) is 113 Å². The summed E-state index contributed by atoms with van der Waals surface area (Å²) in [6.45, 7) is 3.37. The van der Waals surface area contributed by atoms with Crippen LogP contribution in [0.15, 0.2) is 70.0 Å². The summed E-state index contributed by atoms with van der Waals surface area (Å²) in [5, 5.41) is 2.64. The van der Waals surface area contributed by atoms with E-state index in [9.17, 15) is 9.59 Å². The van der Waals surface area contributed by atoms with Crippen LogP contribution in [0.5, 0.6) is 11.5 Å². The lowest BCUT2D eigenvalue weighted by atomic mass is 9.84. The van der Waals surface area contributed by atoms with Crippen LogP contribution in [0, 0.1) is 24.1 Å². The van der Waals surface area contributed by atoms with Crippen molar-refractivity contribution >= 4 is 22.8 Å². The molecule has 11 heteroatoms. The number of nitrogens with one attached hydrogen (secondary N) is 1. The fourth-order valence-corrected chi connectivity index (χ4v) is 6.58. The summed E-state index contributed by atoms with van der Waals surface area (Å²) in [7, 11) is 1.70. The average Bonchev–Trinajstić information content (AvgIpc) is 3.79. The van der Waals surface area contributed by atoms with E-state index in [1.807, 2.05) is 18.2 Å². The van der Waals surface area contributed by atoms with Gasteiger partial charge in [-0.3, -0.25) is 14.3 Å². The van der Waals surface area contributed by atoms with E-state index in [2.05, 4.69) is 15.3 Å².